The number of aryl methyl sites for hydroxylation is 1. The van der Waals surface area contributed by atoms with Gasteiger partial charge in [-0.15, -0.1) is 0 Å². The highest BCUT2D eigenvalue weighted by molar-refractivity contribution is 5.85. The van der Waals surface area contributed by atoms with E-state index in [1.54, 1.807) is 6.07 Å². The van der Waals surface area contributed by atoms with E-state index in [1.807, 2.05) is 19.9 Å². The molecule has 18 heavy (non-hydrogen) atoms. The fourth-order valence-corrected chi connectivity index (χ4v) is 2.98. The van der Waals surface area contributed by atoms with Gasteiger partial charge in [0, 0.05) is 16.6 Å². The number of nitrogens with zero attached hydrogens (tertiary/aromatic N) is 1. The maximum Gasteiger partial charge on any atom is 0.149 e. The molecule has 2 aromatic rings. The van der Waals surface area contributed by atoms with E-state index >= 15 is 0 Å². The monoisotopic (exact) mass is 244 g/mol. The van der Waals surface area contributed by atoms with E-state index in [0.717, 1.165) is 35.9 Å². The molecule has 0 atom stereocenters. The van der Waals surface area contributed by atoms with E-state index in [4.69, 9.17) is 5.73 Å². The molecule has 0 fully saturated rings. The maximum absolute atomic E-state index is 13.9. The zero-order valence-corrected chi connectivity index (χ0v) is 10.8. The number of hydrogen-bond donors (Lipinski definition) is 1. The third-order valence-corrected chi connectivity index (χ3v) is 3.64. The van der Waals surface area contributed by atoms with Crippen LogP contribution < -0.4 is 5.73 Å². The van der Waals surface area contributed by atoms with Crippen molar-refractivity contribution in [3.8, 4) is 0 Å². The molecule has 0 bridgehead atoms. The van der Waals surface area contributed by atoms with E-state index in [2.05, 4.69) is 4.98 Å². The number of benzene rings is 1. The lowest BCUT2D eigenvalue weighted by molar-refractivity contribution is 0.553. The van der Waals surface area contributed by atoms with Crippen molar-refractivity contribution < 1.29 is 4.39 Å². The molecule has 1 aromatic carbocycles. The highest BCUT2D eigenvalue weighted by atomic mass is 19.1. The van der Waals surface area contributed by atoms with E-state index in [9.17, 15) is 4.39 Å². The Bertz CT molecular complexity index is 626. The second-order valence-electron chi connectivity index (χ2n) is 5.62. The van der Waals surface area contributed by atoms with Crippen molar-refractivity contribution in [2.45, 2.75) is 38.6 Å². The Labute approximate surface area is 106 Å². The first kappa shape index (κ1) is 11.6. The summed E-state index contributed by atoms with van der Waals surface area (Å²) in [4.78, 5) is 4.50. The van der Waals surface area contributed by atoms with Crippen LogP contribution in [0.1, 0.15) is 37.1 Å². The number of pyridine rings is 1. The third kappa shape index (κ3) is 1.62. The molecule has 0 radical (unpaired) electrons. The summed E-state index contributed by atoms with van der Waals surface area (Å²) in [5, 5.41) is 0.864. The molecule has 2 N–H and O–H groups in total. The van der Waals surface area contributed by atoms with Crippen molar-refractivity contribution in [3.05, 3.63) is 40.8 Å². The molecular weight excluding hydrogens is 227 g/mol. The zero-order valence-electron chi connectivity index (χ0n) is 10.8. The number of nitrogens with two attached hydrogens (primary N) is 1. The van der Waals surface area contributed by atoms with Crippen LogP contribution in [0.25, 0.3) is 10.9 Å². The SMILES string of the molecule is CC(C)(N)c1c2c(nc3c(F)cccc13)CCC2. The summed E-state index contributed by atoms with van der Waals surface area (Å²) >= 11 is 0. The minimum Gasteiger partial charge on any atom is -0.322 e. The normalized spacial score (nSPS) is 15.1. The summed E-state index contributed by atoms with van der Waals surface area (Å²) in [6, 6.07) is 5.12. The topological polar surface area (TPSA) is 38.9 Å². The summed E-state index contributed by atoms with van der Waals surface area (Å²) in [6.45, 7) is 3.95. The molecule has 0 saturated heterocycles. The largest absolute Gasteiger partial charge is 0.322 e. The van der Waals surface area contributed by atoms with Gasteiger partial charge in [0.25, 0.3) is 0 Å². The van der Waals surface area contributed by atoms with Crippen LogP contribution in [-0.2, 0) is 18.4 Å². The smallest absolute Gasteiger partial charge is 0.149 e. The molecule has 0 amide bonds. The lowest BCUT2D eigenvalue weighted by Crippen LogP contribution is -2.30. The van der Waals surface area contributed by atoms with Gasteiger partial charge in [-0.1, -0.05) is 12.1 Å². The van der Waals surface area contributed by atoms with Gasteiger partial charge in [-0.2, -0.15) is 0 Å². The summed E-state index contributed by atoms with van der Waals surface area (Å²) < 4.78 is 13.9. The number of aromatic nitrogens is 1. The highest BCUT2D eigenvalue weighted by Gasteiger charge is 2.27. The molecule has 1 aliphatic carbocycles. The number of rotatable bonds is 1. The van der Waals surface area contributed by atoms with Gasteiger partial charge in [0.15, 0.2) is 0 Å². The van der Waals surface area contributed by atoms with Gasteiger partial charge in [-0.05, 0) is 50.3 Å². The fraction of sp³-hybridized carbons (Fsp3) is 0.400. The molecule has 0 spiro atoms. The first-order valence-corrected chi connectivity index (χ1v) is 6.38. The van der Waals surface area contributed by atoms with E-state index in [0.29, 0.717) is 5.52 Å². The van der Waals surface area contributed by atoms with Crippen molar-refractivity contribution in [2.24, 2.45) is 5.73 Å². The maximum atomic E-state index is 13.9. The van der Waals surface area contributed by atoms with Crippen molar-refractivity contribution in [2.75, 3.05) is 0 Å². The molecule has 0 saturated carbocycles. The number of hydrogen-bond acceptors (Lipinski definition) is 2. The van der Waals surface area contributed by atoms with Crippen LogP contribution in [0.2, 0.25) is 0 Å². The van der Waals surface area contributed by atoms with Crippen LogP contribution in [0.4, 0.5) is 4.39 Å². The van der Waals surface area contributed by atoms with E-state index in [1.165, 1.54) is 11.6 Å². The van der Waals surface area contributed by atoms with E-state index in [-0.39, 0.29) is 5.82 Å². The predicted octanol–water partition coefficient (Wildman–Crippen LogP) is 3.06. The number of fused-ring (bicyclic) bond motifs is 2. The number of para-hydroxylation sites is 1. The molecule has 94 valence electrons. The first-order valence-electron chi connectivity index (χ1n) is 6.38. The molecule has 2 nitrogen and oxygen atoms in total. The quantitative estimate of drug-likeness (QED) is 0.837. The Hall–Kier alpha value is -1.48. The van der Waals surface area contributed by atoms with Crippen molar-refractivity contribution >= 4 is 10.9 Å². The summed E-state index contributed by atoms with van der Waals surface area (Å²) in [5.41, 5.74) is 9.63. The molecule has 0 aliphatic heterocycles. The van der Waals surface area contributed by atoms with Crippen molar-refractivity contribution in [1.82, 2.24) is 4.98 Å². The zero-order chi connectivity index (χ0) is 12.9. The minimum absolute atomic E-state index is 0.257. The molecule has 0 unspecified atom stereocenters. The van der Waals surface area contributed by atoms with Gasteiger partial charge in [0.1, 0.15) is 11.3 Å². The van der Waals surface area contributed by atoms with Crippen LogP contribution in [0.5, 0.6) is 0 Å². The Morgan fingerprint density at radius 3 is 2.78 bits per heavy atom. The second-order valence-corrected chi connectivity index (χ2v) is 5.62. The van der Waals surface area contributed by atoms with Crippen LogP contribution in [-0.4, -0.2) is 4.98 Å². The van der Waals surface area contributed by atoms with Crippen LogP contribution >= 0.6 is 0 Å². The van der Waals surface area contributed by atoms with Gasteiger partial charge in [0.2, 0.25) is 0 Å². The lowest BCUT2D eigenvalue weighted by atomic mass is 9.87. The Balaban J connectivity index is 2.47. The van der Waals surface area contributed by atoms with Crippen LogP contribution in [0.15, 0.2) is 18.2 Å². The van der Waals surface area contributed by atoms with Gasteiger partial charge >= 0.3 is 0 Å². The Morgan fingerprint density at radius 2 is 2.06 bits per heavy atom. The Kier molecular flexibility index (Phi) is 2.42. The van der Waals surface area contributed by atoms with Gasteiger partial charge in [-0.3, -0.25) is 0 Å². The molecule has 1 heterocycles. The molecule has 1 aliphatic rings. The van der Waals surface area contributed by atoms with Gasteiger partial charge in [0.05, 0.1) is 0 Å². The molecule has 3 heteroatoms. The van der Waals surface area contributed by atoms with Crippen molar-refractivity contribution in [3.63, 3.8) is 0 Å². The first-order chi connectivity index (χ1) is 8.48. The van der Waals surface area contributed by atoms with Crippen LogP contribution in [0, 0.1) is 5.82 Å². The Morgan fingerprint density at radius 1 is 1.28 bits per heavy atom. The van der Waals surface area contributed by atoms with E-state index < -0.39 is 5.54 Å². The fourth-order valence-electron chi connectivity index (χ4n) is 2.98. The average molecular weight is 244 g/mol. The highest BCUT2D eigenvalue weighted by Crippen LogP contribution is 2.35. The van der Waals surface area contributed by atoms with Crippen LogP contribution in [0.3, 0.4) is 0 Å². The standard InChI is InChI=1S/C15H17FN2/c1-15(2,17)13-9-5-4-8-12(9)18-14-10(13)6-3-7-11(14)16/h3,6-7H,4-5,8,17H2,1-2H3. The van der Waals surface area contributed by atoms with Crippen molar-refractivity contribution in [1.29, 1.82) is 0 Å². The summed E-state index contributed by atoms with van der Waals surface area (Å²) in [6.07, 6.45) is 3.02. The number of halogens is 1. The second kappa shape index (κ2) is 3.75. The molecule has 1 aromatic heterocycles. The average Bonchev–Trinajstić information content (AvgIpc) is 2.72. The summed E-state index contributed by atoms with van der Waals surface area (Å²) in [5.74, 6) is -0.257. The van der Waals surface area contributed by atoms with Gasteiger partial charge < -0.3 is 5.73 Å². The van der Waals surface area contributed by atoms with Gasteiger partial charge in [-0.25, -0.2) is 9.37 Å². The summed E-state index contributed by atoms with van der Waals surface area (Å²) in [7, 11) is 0. The molecule has 3 rings (SSSR count). The lowest BCUT2D eigenvalue weighted by Gasteiger charge is -2.25. The minimum atomic E-state index is -0.469. The third-order valence-electron chi connectivity index (χ3n) is 3.64. The molecular formula is C15H17FN2. The predicted molar refractivity (Wildman–Crippen MR) is 70.9 cm³/mol.